The Labute approximate surface area is 159 Å². The number of nitrogens with one attached hydrogen (secondary N) is 1. The van der Waals surface area contributed by atoms with Crippen molar-refractivity contribution < 1.29 is 22.7 Å². The van der Waals surface area contributed by atoms with Crippen molar-refractivity contribution >= 4 is 36.4 Å². The van der Waals surface area contributed by atoms with Crippen molar-refractivity contribution in [1.82, 2.24) is 4.98 Å². The molecule has 142 valence electrons. The summed E-state index contributed by atoms with van der Waals surface area (Å²) in [6.45, 7) is 0. The van der Waals surface area contributed by atoms with Crippen LogP contribution in [0.5, 0.6) is 11.6 Å². The number of anilines is 1. The molecule has 3 N–H and O–H groups in total. The Kier molecular flexibility index (Phi) is 6.87. The Morgan fingerprint density at radius 1 is 1.12 bits per heavy atom. The lowest BCUT2D eigenvalue weighted by Crippen LogP contribution is -2.37. The van der Waals surface area contributed by atoms with E-state index in [1.54, 1.807) is 6.07 Å². The lowest BCUT2D eigenvalue weighted by atomic mass is 10.2. The van der Waals surface area contributed by atoms with Crippen molar-refractivity contribution in [3.63, 3.8) is 0 Å². The first-order chi connectivity index (χ1) is 11.3. The molecule has 1 aliphatic carbocycles. The second kappa shape index (κ2) is 8.11. The van der Waals surface area contributed by atoms with Crippen LogP contribution in [0.1, 0.15) is 18.4 Å². The van der Waals surface area contributed by atoms with Gasteiger partial charge in [0.2, 0.25) is 11.8 Å². The molecule has 0 radical (unpaired) electrons. The Morgan fingerprint density at radius 2 is 1.73 bits per heavy atom. The molecule has 1 aromatic heterocycles. The van der Waals surface area contributed by atoms with Gasteiger partial charge in [0, 0.05) is 6.07 Å². The Balaban J connectivity index is 0.00000169. The summed E-state index contributed by atoms with van der Waals surface area (Å²) in [5.41, 5.74) is 4.71. The van der Waals surface area contributed by atoms with Crippen LogP contribution < -0.4 is 15.8 Å². The third-order valence-corrected chi connectivity index (χ3v) is 3.64. The fraction of sp³-hybridized carbons (Fsp3) is 0.250. The Hall–Kier alpha value is -2.03. The zero-order valence-electron chi connectivity index (χ0n) is 13.2. The summed E-state index contributed by atoms with van der Waals surface area (Å²) in [6.07, 6.45) is -1.69. The van der Waals surface area contributed by atoms with E-state index in [9.17, 15) is 18.0 Å². The smallest absolute Gasteiger partial charge is 0.416 e. The van der Waals surface area contributed by atoms with Crippen LogP contribution in [-0.2, 0) is 11.0 Å². The highest BCUT2D eigenvalue weighted by molar-refractivity contribution is 5.99. The van der Waals surface area contributed by atoms with E-state index in [1.165, 1.54) is 24.4 Å². The van der Waals surface area contributed by atoms with Gasteiger partial charge in [0.1, 0.15) is 5.75 Å². The number of alkyl halides is 3. The van der Waals surface area contributed by atoms with Crippen molar-refractivity contribution in [3.05, 3.63) is 48.2 Å². The number of amides is 1. The number of ether oxygens (including phenoxy) is 1. The van der Waals surface area contributed by atoms with Gasteiger partial charge in [-0.05, 0) is 43.2 Å². The van der Waals surface area contributed by atoms with E-state index in [0.717, 1.165) is 12.1 Å². The predicted octanol–water partition coefficient (Wildman–Crippen LogP) is 4.17. The highest BCUT2D eigenvalue weighted by Crippen LogP contribution is 2.33. The zero-order chi connectivity index (χ0) is 17.4. The second-order valence-electron chi connectivity index (χ2n) is 5.62. The molecule has 1 aromatic carbocycles. The largest absolute Gasteiger partial charge is 0.439 e. The summed E-state index contributed by atoms with van der Waals surface area (Å²) in [6, 6.07) is 7.37. The van der Waals surface area contributed by atoms with Crippen molar-refractivity contribution in [3.8, 4) is 11.6 Å². The van der Waals surface area contributed by atoms with Gasteiger partial charge in [0.05, 0.1) is 23.0 Å². The van der Waals surface area contributed by atoms with E-state index < -0.39 is 17.3 Å². The normalized spacial score (nSPS) is 14.5. The molecule has 0 aliphatic heterocycles. The molecule has 1 aliphatic rings. The van der Waals surface area contributed by atoms with Crippen LogP contribution in [0.2, 0.25) is 0 Å². The Morgan fingerprint density at radius 3 is 2.19 bits per heavy atom. The van der Waals surface area contributed by atoms with E-state index in [1.807, 2.05) is 0 Å². The monoisotopic (exact) mass is 409 g/mol. The van der Waals surface area contributed by atoms with Gasteiger partial charge in [-0.3, -0.25) is 4.79 Å². The van der Waals surface area contributed by atoms with Gasteiger partial charge in [0.15, 0.2) is 0 Å². The van der Waals surface area contributed by atoms with Crippen LogP contribution in [-0.4, -0.2) is 16.4 Å². The van der Waals surface area contributed by atoms with E-state index in [4.69, 9.17) is 10.5 Å². The van der Waals surface area contributed by atoms with Gasteiger partial charge in [-0.1, -0.05) is 0 Å². The maximum atomic E-state index is 12.5. The molecule has 1 fully saturated rings. The van der Waals surface area contributed by atoms with Gasteiger partial charge in [-0.25, -0.2) is 4.98 Å². The van der Waals surface area contributed by atoms with Gasteiger partial charge >= 0.3 is 6.18 Å². The Bertz CT molecular complexity index is 749. The number of nitrogens with zero attached hydrogens (tertiary/aromatic N) is 1. The minimum absolute atomic E-state index is 0. The van der Waals surface area contributed by atoms with E-state index in [2.05, 4.69) is 10.3 Å². The van der Waals surface area contributed by atoms with E-state index in [-0.39, 0.29) is 42.4 Å². The average molecular weight is 410 g/mol. The summed E-state index contributed by atoms with van der Waals surface area (Å²) in [7, 11) is 0. The zero-order valence-corrected chi connectivity index (χ0v) is 14.9. The minimum atomic E-state index is -4.39. The number of hydrogen-bond donors (Lipinski definition) is 2. The van der Waals surface area contributed by atoms with Gasteiger partial charge in [0.25, 0.3) is 0 Å². The van der Waals surface area contributed by atoms with Gasteiger partial charge < -0.3 is 15.8 Å². The summed E-state index contributed by atoms with van der Waals surface area (Å²) < 4.78 is 42.8. The SMILES string of the molecule is Cl.Cl.NC1(C(=O)Nc2ccc(Oc3ccc(C(F)(F)F)cc3)nc2)CC1. The molecule has 5 nitrogen and oxygen atoms in total. The molecular formula is C16H16Cl2F3N3O2. The number of aromatic nitrogens is 1. The van der Waals surface area contributed by atoms with Crippen LogP contribution in [0.4, 0.5) is 18.9 Å². The fourth-order valence-electron chi connectivity index (χ4n) is 1.96. The molecular weight excluding hydrogens is 394 g/mol. The first kappa shape index (κ1) is 22.0. The fourth-order valence-corrected chi connectivity index (χ4v) is 1.96. The van der Waals surface area contributed by atoms with Crippen LogP contribution in [0.3, 0.4) is 0 Å². The maximum Gasteiger partial charge on any atom is 0.416 e. The number of benzene rings is 1. The number of carbonyl (C=O) groups excluding carboxylic acids is 1. The summed E-state index contributed by atoms with van der Waals surface area (Å²) in [5.74, 6) is 0.161. The van der Waals surface area contributed by atoms with Crippen molar-refractivity contribution in [2.24, 2.45) is 5.73 Å². The average Bonchev–Trinajstić information content (AvgIpc) is 3.28. The van der Waals surface area contributed by atoms with Gasteiger partial charge in [-0.2, -0.15) is 13.2 Å². The molecule has 26 heavy (non-hydrogen) atoms. The van der Waals surface area contributed by atoms with Crippen molar-refractivity contribution in [2.75, 3.05) is 5.32 Å². The predicted molar refractivity (Wildman–Crippen MR) is 95.0 cm³/mol. The molecule has 10 heteroatoms. The summed E-state index contributed by atoms with van der Waals surface area (Å²) in [5, 5.41) is 2.65. The first-order valence-corrected chi connectivity index (χ1v) is 7.18. The number of hydrogen-bond acceptors (Lipinski definition) is 4. The standard InChI is InChI=1S/C16H14F3N3O2.2ClH/c17-16(18,19)10-1-4-12(5-2-10)24-13-6-3-11(9-21-13)22-14(23)15(20)7-8-15;;/h1-6,9H,7-8,20H2,(H,22,23);2*1H. The summed E-state index contributed by atoms with van der Waals surface area (Å²) >= 11 is 0. The van der Waals surface area contributed by atoms with Crippen LogP contribution in [0, 0.1) is 0 Å². The van der Waals surface area contributed by atoms with Crippen LogP contribution in [0.25, 0.3) is 0 Å². The minimum Gasteiger partial charge on any atom is -0.439 e. The quantitative estimate of drug-likeness (QED) is 0.794. The number of pyridine rings is 1. The number of rotatable bonds is 4. The molecule has 3 rings (SSSR count). The van der Waals surface area contributed by atoms with E-state index in [0.29, 0.717) is 18.5 Å². The van der Waals surface area contributed by atoms with Crippen LogP contribution >= 0.6 is 24.8 Å². The molecule has 1 saturated carbocycles. The van der Waals surface area contributed by atoms with Gasteiger partial charge in [-0.15, -0.1) is 24.8 Å². The number of nitrogens with two attached hydrogens (primary N) is 1. The molecule has 0 saturated heterocycles. The number of halogens is 5. The highest BCUT2D eigenvalue weighted by Gasteiger charge is 2.45. The number of carbonyl (C=O) groups is 1. The summed E-state index contributed by atoms with van der Waals surface area (Å²) in [4.78, 5) is 15.8. The molecule has 0 spiro atoms. The lowest BCUT2D eigenvalue weighted by molar-refractivity contribution is -0.137. The molecule has 1 amide bonds. The third-order valence-electron chi connectivity index (χ3n) is 3.64. The van der Waals surface area contributed by atoms with Crippen molar-refractivity contribution in [2.45, 2.75) is 24.6 Å². The molecule has 0 bridgehead atoms. The van der Waals surface area contributed by atoms with E-state index >= 15 is 0 Å². The second-order valence-corrected chi connectivity index (χ2v) is 5.62. The topological polar surface area (TPSA) is 77.2 Å². The molecule has 2 aromatic rings. The maximum absolute atomic E-state index is 12.5. The third kappa shape index (κ3) is 5.23. The lowest BCUT2D eigenvalue weighted by Gasteiger charge is -2.11. The first-order valence-electron chi connectivity index (χ1n) is 7.18. The molecule has 0 unspecified atom stereocenters. The molecule has 1 heterocycles. The highest BCUT2D eigenvalue weighted by atomic mass is 35.5. The van der Waals surface area contributed by atoms with Crippen molar-refractivity contribution in [1.29, 1.82) is 0 Å². The molecule has 0 atom stereocenters. The van der Waals surface area contributed by atoms with Crippen LogP contribution in [0.15, 0.2) is 42.6 Å².